The standard InChI is InChI=1S/C11H17FN2/c1-7-5-9(13)10(6-8(7)12)14-11(2,3)4/h5-6,14H,13H2,1-4H3. The molecule has 3 N–H and O–H groups in total. The maximum absolute atomic E-state index is 13.2. The van der Waals surface area contributed by atoms with E-state index in [4.69, 9.17) is 5.73 Å². The summed E-state index contributed by atoms with van der Waals surface area (Å²) in [7, 11) is 0. The molecule has 14 heavy (non-hydrogen) atoms. The van der Waals surface area contributed by atoms with Gasteiger partial charge in [0.25, 0.3) is 0 Å². The lowest BCUT2D eigenvalue weighted by atomic mass is 10.1. The first-order valence-electron chi connectivity index (χ1n) is 4.63. The van der Waals surface area contributed by atoms with Crippen LogP contribution >= 0.6 is 0 Å². The number of benzene rings is 1. The first-order chi connectivity index (χ1) is 6.29. The fourth-order valence-electron chi connectivity index (χ4n) is 1.22. The van der Waals surface area contributed by atoms with Gasteiger partial charge in [-0.2, -0.15) is 0 Å². The summed E-state index contributed by atoms with van der Waals surface area (Å²) >= 11 is 0. The van der Waals surface area contributed by atoms with Gasteiger partial charge in [0.2, 0.25) is 0 Å². The second-order valence-corrected chi connectivity index (χ2v) is 4.56. The molecule has 0 amide bonds. The quantitative estimate of drug-likeness (QED) is 0.678. The number of nitrogens with one attached hydrogen (secondary N) is 1. The topological polar surface area (TPSA) is 38.0 Å². The Morgan fingerprint density at radius 3 is 2.36 bits per heavy atom. The van der Waals surface area contributed by atoms with Crippen molar-refractivity contribution in [2.75, 3.05) is 11.1 Å². The van der Waals surface area contributed by atoms with Crippen molar-refractivity contribution in [2.24, 2.45) is 0 Å². The predicted octanol–water partition coefficient (Wildman–Crippen LogP) is 2.93. The van der Waals surface area contributed by atoms with E-state index in [1.165, 1.54) is 6.07 Å². The Labute approximate surface area is 84.3 Å². The zero-order valence-corrected chi connectivity index (χ0v) is 9.11. The molecular weight excluding hydrogens is 179 g/mol. The molecular formula is C11H17FN2. The molecule has 0 spiro atoms. The lowest BCUT2D eigenvalue weighted by molar-refractivity contribution is 0.612. The lowest BCUT2D eigenvalue weighted by Gasteiger charge is -2.23. The Kier molecular flexibility index (Phi) is 2.69. The van der Waals surface area contributed by atoms with Crippen molar-refractivity contribution in [3.63, 3.8) is 0 Å². The third-order valence-electron chi connectivity index (χ3n) is 1.84. The van der Waals surface area contributed by atoms with Crippen molar-refractivity contribution >= 4 is 11.4 Å². The van der Waals surface area contributed by atoms with Crippen molar-refractivity contribution in [1.82, 2.24) is 0 Å². The van der Waals surface area contributed by atoms with Gasteiger partial charge < -0.3 is 11.1 Å². The van der Waals surface area contributed by atoms with Crippen molar-refractivity contribution < 1.29 is 4.39 Å². The average Bonchev–Trinajstić information content (AvgIpc) is 1.97. The molecule has 0 fully saturated rings. The van der Waals surface area contributed by atoms with E-state index < -0.39 is 0 Å². The normalized spacial score (nSPS) is 11.5. The molecule has 78 valence electrons. The second-order valence-electron chi connectivity index (χ2n) is 4.56. The van der Waals surface area contributed by atoms with Crippen LogP contribution in [0.25, 0.3) is 0 Å². The molecule has 0 aromatic heterocycles. The van der Waals surface area contributed by atoms with E-state index in [1.54, 1.807) is 13.0 Å². The van der Waals surface area contributed by atoms with Crippen LogP contribution in [0, 0.1) is 12.7 Å². The van der Waals surface area contributed by atoms with Gasteiger partial charge >= 0.3 is 0 Å². The summed E-state index contributed by atoms with van der Waals surface area (Å²) in [5.41, 5.74) is 7.46. The first-order valence-corrected chi connectivity index (χ1v) is 4.63. The van der Waals surface area contributed by atoms with Crippen LogP contribution in [0.15, 0.2) is 12.1 Å². The molecule has 0 saturated carbocycles. The largest absolute Gasteiger partial charge is 0.397 e. The Balaban J connectivity index is 3.04. The van der Waals surface area contributed by atoms with Gasteiger partial charge in [0.1, 0.15) is 5.82 Å². The highest BCUT2D eigenvalue weighted by Gasteiger charge is 2.12. The molecule has 0 aliphatic heterocycles. The minimum atomic E-state index is -0.231. The summed E-state index contributed by atoms with van der Waals surface area (Å²) in [6.45, 7) is 7.71. The minimum absolute atomic E-state index is 0.115. The van der Waals surface area contributed by atoms with Crippen LogP contribution in [0.1, 0.15) is 26.3 Å². The van der Waals surface area contributed by atoms with Crippen LogP contribution in [0.2, 0.25) is 0 Å². The maximum Gasteiger partial charge on any atom is 0.128 e. The Morgan fingerprint density at radius 1 is 1.29 bits per heavy atom. The number of nitrogen functional groups attached to an aromatic ring is 1. The highest BCUT2D eigenvalue weighted by molar-refractivity contribution is 5.67. The van der Waals surface area contributed by atoms with E-state index in [-0.39, 0.29) is 11.4 Å². The zero-order chi connectivity index (χ0) is 10.9. The van der Waals surface area contributed by atoms with Crippen LogP contribution in [0.4, 0.5) is 15.8 Å². The summed E-state index contributed by atoms with van der Waals surface area (Å²) in [5, 5.41) is 3.15. The third-order valence-corrected chi connectivity index (χ3v) is 1.84. The van der Waals surface area contributed by atoms with E-state index in [1.807, 2.05) is 20.8 Å². The van der Waals surface area contributed by atoms with E-state index in [9.17, 15) is 4.39 Å². The summed E-state index contributed by atoms with van der Waals surface area (Å²) < 4.78 is 13.2. The maximum atomic E-state index is 13.2. The number of halogens is 1. The van der Waals surface area contributed by atoms with E-state index in [0.29, 0.717) is 16.9 Å². The highest BCUT2D eigenvalue weighted by atomic mass is 19.1. The Bertz CT molecular complexity index is 340. The van der Waals surface area contributed by atoms with Gasteiger partial charge in [-0.05, 0) is 45.4 Å². The number of anilines is 2. The third kappa shape index (κ3) is 2.62. The molecule has 1 aromatic carbocycles. The number of rotatable bonds is 1. The fourth-order valence-corrected chi connectivity index (χ4v) is 1.22. The molecule has 0 aliphatic carbocycles. The summed E-state index contributed by atoms with van der Waals surface area (Å²) in [5.74, 6) is -0.231. The van der Waals surface area contributed by atoms with E-state index >= 15 is 0 Å². The fraction of sp³-hybridized carbons (Fsp3) is 0.455. The van der Waals surface area contributed by atoms with Gasteiger partial charge in [-0.1, -0.05) is 0 Å². The number of hydrogen-bond acceptors (Lipinski definition) is 2. The van der Waals surface area contributed by atoms with Crippen molar-refractivity contribution in [3.8, 4) is 0 Å². The number of nitrogens with two attached hydrogens (primary N) is 1. The summed E-state index contributed by atoms with van der Waals surface area (Å²) in [6.07, 6.45) is 0. The lowest BCUT2D eigenvalue weighted by Crippen LogP contribution is -2.26. The van der Waals surface area contributed by atoms with Gasteiger partial charge in [0, 0.05) is 5.54 Å². The molecule has 0 saturated heterocycles. The second kappa shape index (κ2) is 3.48. The number of aryl methyl sites for hydroxylation is 1. The zero-order valence-electron chi connectivity index (χ0n) is 9.11. The molecule has 0 radical (unpaired) electrons. The summed E-state index contributed by atoms with van der Waals surface area (Å²) in [4.78, 5) is 0. The van der Waals surface area contributed by atoms with Crippen LogP contribution in [-0.2, 0) is 0 Å². The predicted molar refractivity (Wildman–Crippen MR) is 58.9 cm³/mol. The van der Waals surface area contributed by atoms with Gasteiger partial charge in [-0.3, -0.25) is 0 Å². The van der Waals surface area contributed by atoms with Crippen LogP contribution in [-0.4, -0.2) is 5.54 Å². The van der Waals surface area contributed by atoms with Crippen LogP contribution < -0.4 is 11.1 Å². The minimum Gasteiger partial charge on any atom is -0.397 e. The van der Waals surface area contributed by atoms with Crippen molar-refractivity contribution in [1.29, 1.82) is 0 Å². The highest BCUT2D eigenvalue weighted by Crippen LogP contribution is 2.25. The van der Waals surface area contributed by atoms with E-state index in [2.05, 4.69) is 5.32 Å². The molecule has 1 aromatic rings. The van der Waals surface area contributed by atoms with E-state index in [0.717, 1.165) is 0 Å². The van der Waals surface area contributed by atoms with Crippen molar-refractivity contribution in [2.45, 2.75) is 33.2 Å². The van der Waals surface area contributed by atoms with Crippen LogP contribution in [0.3, 0.4) is 0 Å². The molecule has 0 heterocycles. The molecule has 2 nitrogen and oxygen atoms in total. The number of hydrogen-bond donors (Lipinski definition) is 2. The summed E-state index contributed by atoms with van der Waals surface area (Å²) in [6, 6.07) is 3.08. The molecule has 0 atom stereocenters. The van der Waals surface area contributed by atoms with Gasteiger partial charge in [0.15, 0.2) is 0 Å². The molecule has 1 rings (SSSR count). The Hall–Kier alpha value is -1.25. The van der Waals surface area contributed by atoms with Gasteiger partial charge in [-0.25, -0.2) is 4.39 Å². The SMILES string of the molecule is Cc1cc(N)c(NC(C)(C)C)cc1F. The first kappa shape index (κ1) is 10.8. The van der Waals surface area contributed by atoms with Gasteiger partial charge in [0.05, 0.1) is 11.4 Å². The Morgan fingerprint density at radius 2 is 1.86 bits per heavy atom. The molecule has 0 bridgehead atoms. The molecule has 3 heteroatoms. The molecule has 0 aliphatic rings. The van der Waals surface area contributed by atoms with Crippen LogP contribution in [0.5, 0.6) is 0 Å². The van der Waals surface area contributed by atoms with Gasteiger partial charge in [-0.15, -0.1) is 0 Å². The average molecular weight is 196 g/mol. The van der Waals surface area contributed by atoms with Crippen molar-refractivity contribution in [3.05, 3.63) is 23.5 Å². The smallest absolute Gasteiger partial charge is 0.128 e. The molecule has 0 unspecified atom stereocenters. The monoisotopic (exact) mass is 196 g/mol.